The summed E-state index contributed by atoms with van der Waals surface area (Å²) in [7, 11) is -6.02. The summed E-state index contributed by atoms with van der Waals surface area (Å²) in [6.45, 7) is 0. The van der Waals surface area contributed by atoms with Gasteiger partial charge in [-0.25, -0.2) is 0 Å². The van der Waals surface area contributed by atoms with Crippen LogP contribution in [0.3, 0.4) is 0 Å². The quantitative estimate of drug-likeness (QED) is 0.231. The molecule has 0 atom stereocenters. The predicted octanol–water partition coefficient (Wildman–Crippen LogP) is 6.56. The van der Waals surface area contributed by atoms with Gasteiger partial charge in [-0.05, 0) is 12.8 Å². The highest BCUT2D eigenvalue weighted by Gasteiger charge is 2.38. The first-order valence-corrected chi connectivity index (χ1v) is 17.0. The minimum Gasteiger partial charge on any atom is -0.312 e. The molecular formula is C32H35NO2P2. The molecule has 4 aromatic carbocycles. The zero-order valence-electron chi connectivity index (χ0n) is 21.2. The molecule has 1 aliphatic carbocycles. The van der Waals surface area contributed by atoms with E-state index in [2.05, 4.69) is 4.90 Å². The van der Waals surface area contributed by atoms with Gasteiger partial charge < -0.3 is 9.13 Å². The fourth-order valence-corrected chi connectivity index (χ4v) is 11.2. The minimum atomic E-state index is -3.01. The van der Waals surface area contributed by atoms with Crippen molar-refractivity contribution in [1.29, 1.82) is 0 Å². The van der Waals surface area contributed by atoms with Crippen LogP contribution in [0.1, 0.15) is 32.1 Å². The lowest BCUT2D eigenvalue weighted by atomic mass is 9.95. The van der Waals surface area contributed by atoms with E-state index in [4.69, 9.17) is 0 Å². The standard InChI is InChI=1S/C32H35NO2P2/c34-36(29-18-8-2-9-19-29,30-20-10-3-11-21-30)26-33(28-16-6-1-7-17-28)27-37(35,31-22-12-4-13-23-31)32-24-14-5-15-25-32/h2-5,8-15,18-25,28H,1,6-7,16-17,26-27H2. The van der Waals surface area contributed by atoms with E-state index in [9.17, 15) is 0 Å². The SMILES string of the molecule is O=P(CN(CP(=O)(c1ccccc1)c1ccccc1)C1CCCCC1)(c1ccccc1)c1ccccc1. The largest absolute Gasteiger partial charge is 0.312 e. The van der Waals surface area contributed by atoms with Gasteiger partial charge >= 0.3 is 0 Å². The molecular weight excluding hydrogens is 492 g/mol. The molecule has 4 aromatic rings. The molecule has 190 valence electrons. The van der Waals surface area contributed by atoms with Crippen LogP contribution in [0.15, 0.2) is 121 Å². The number of hydrogen-bond acceptors (Lipinski definition) is 3. The molecule has 3 nitrogen and oxygen atoms in total. The van der Waals surface area contributed by atoms with Crippen LogP contribution in [0.2, 0.25) is 0 Å². The number of nitrogens with zero attached hydrogens (tertiary/aromatic N) is 1. The van der Waals surface area contributed by atoms with Crippen LogP contribution >= 0.6 is 14.3 Å². The van der Waals surface area contributed by atoms with Crippen LogP contribution in [-0.2, 0) is 9.13 Å². The lowest BCUT2D eigenvalue weighted by molar-refractivity contribution is 0.206. The van der Waals surface area contributed by atoms with Crippen molar-refractivity contribution < 1.29 is 9.13 Å². The van der Waals surface area contributed by atoms with E-state index in [0.29, 0.717) is 12.6 Å². The smallest absolute Gasteiger partial charge is 0.156 e. The molecule has 0 amide bonds. The molecule has 37 heavy (non-hydrogen) atoms. The third kappa shape index (κ3) is 5.75. The zero-order chi connectivity index (χ0) is 25.6. The van der Waals surface area contributed by atoms with Gasteiger partial charge in [-0.15, -0.1) is 0 Å². The van der Waals surface area contributed by atoms with Gasteiger partial charge in [0.1, 0.15) is 0 Å². The zero-order valence-corrected chi connectivity index (χ0v) is 23.0. The van der Waals surface area contributed by atoms with Gasteiger partial charge in [0.25, 0.3) is 0 Å². The maximum Gasteiger partial charge on any atom is 0.156 e. The number of benzene rings is 4. The van der Waals surface area contributed by atoms with Crippen LogP contribution < -0.4 is 21.2 Å². The van der Waals surface area contributed by atoms with Crippen LogP contribution in [0.5, 0.6) is 0 Å². The first kappa shape index (κ1) is 25.9. The van der Waals surface area contributed by atoms with Crippen molar-refractivity contribution in [1.82, 2.24) is 4.90 Å². The Morgan fingerprint density at radius 1 is 0.486 bits per heavy atom. The van der Waals surface area contributed by atoms with E-state index in [-0.39, 0.29) is 6.04 Å². The first-order valence-electron chi connectivity index (χ1n) is 13.2. The van der Waals surface area contributed by atoms with Crippen LogP contribution in [0, 0.1) is 0 Å². The predicted molar refractivity (Wildman–Crippen MR) is 158 cm³/mol. The summed E-state index contributed by atoms with van der Waals surface area (Å²) >= 11 is 0. The van der Waals surface area contributed by atoms with Crippen molar-refractivity contribution in [2.45, 2.75) is 38.1 Å². The van der Waals surface area contributed by atoms with Gasteiger partial charge in [0.15, 0.2) is 14.3 Å². The maximum atomic E-state index is 15.1. The second kappa shape index (κ2) is 11.8. The third-order valence-corrected chi connectivity index (χ3v) is 13.6. The fourth-order valence-electron chi connectivity index (χ4n) is 5.53. The monoisotopic (exact) mass is 527 g/mol. The summed E-state index contributed by atoms with van der Waals surface area (Å²) in [5, 5.41) is 3.43. The molecule has 0 bridgehead atoms. The summed E-state index contributed by atoms with van der Waals surface area (Å²) in [4.78, 5) is 2.33. The lowest BCUT2D eigenvalue weighted by Crippen LogP contribution is -2.42. The van der Waals surface area contributed by atoms with E-state index in [1.807, 2.05) is 121 Å². The summed E-state index contributed by atoms with van der Waals surface area (Å²) < 4.78 is 30.2. The summed E-state index contributed by atoms with van der Waals surface area (Å²) in [5.41, 5.74) is 0. The van der Waals surface area contributed by atoms with Gasteiger partial charge in [-0.1, -0.05) is 141 Å². The Morgan fingerprint density at radius 2 is 0.784 bits per heavy atom. The summed E-state index contributed by atoms with van der Waals surface area (Å²) in [6, 6.07) is 39.8. The Hall–Kier alpha value is -2.70. The minimum absolute atomic E-state index is 0.259. The van der Waals surface area contributed by atoms with Crippen LogP contribution in [-0.4, -0.2) is 23.5 Å². The molecule has 1 aliphatic rings. The average Bonchev–Trinajstić information content (AvgIpc) is 2.99. The molecule has 0 N–H and O–H groups in total. The van der Waals surface area contributed by atoms with Crippen LogP contribution in [0.4, 0.5) is 0 Å². The third-order valence-electron chi connectivity index (χ3n) is 7.55. The molecule has 0 radical (unpaired) electrons. The second-order valence-corrected chi connectivity index (χ2v) is 15.6. The highest BCUT2D eigenvalue weighted by atomic mass is 31.2. The molecule has 0 spiro atoms. The normalized spacial score (nSPS) is 15.1. The lowest BCUT2D eigenvalue weighted by Gasteiger charge is -2.39. The van der Waals surface area contributed by atoms with Crippen molar-refractivity contribution in [3.63, 3.8) is 0 Å². The van der Waals surface area contributed by atoms with Crippen molar-refractivity contribution >= 4 is 35.5 Å². The van der Waals surface area contributed by atoms with Crippen LogP contribution in [0.25, 0.3) is 0 Å². The number of rotatable bonds is 9. The molecule has 5 rings (SSSR count). The fraction of sp³-hybridized carbons (Fsp3) is 0.250. The molecule has 0 aliphatic heterocycles. The Morgan fingerprint density at radius 3 is 1.08 bits per heavy atom. The van der Waals surface area contributed by atoms with Gasteiger partial charge in [-0.2, -0.15) is 0 Å². The molecule has 0 heterocycles. The van der Waals surface area contributed by atoms with Crippen molar-refractivity contribution in [2.24, 2.45) is 0 Å². The summed E-state index contributed by atoms with van der Waals surface area (Å²) in [6.07, 6.45) is 6.41. The van der Waals surface area contributed by atoms with Crippen molar-refractivity contribution in [2.75, 3.05) is 12.6 Å². The Balaban J connectivity index is 1.61. The van der Waals surface area contributed by atoms with E-state index < -0.39 is 14.3 Å². The topological polar surface area (TPSA) is 37.4 Å². The van der Waals surface area contributed by atoms with E-state index in [0.717, 1.165) is 46.9 Å². The molecule has 0 aromatic heterocycles. The highest BCUT2D eigenvalue weighted by molar-refractivity contribution is 7.79. The first-order chi connectivity index (χ1) is 18.1. The maximum absolute atomic E-state index is 15.1. The molecule has 0 saturated heterocycles. The Kier molecular flexibility index (Phi) is 8.26. The van der Waals surface area contributed by atoms with E-state index in [1.165, 1.54) is 6.42 Å². The molecule has 1 saturated carbocycles. The molecule has 1 fully saturated rings. The Labute approximate surface area is 221 Å². The van der Waals surface area contributed by atoms with Gasteiger partial charge in [0, 0.05) is 27.3 Å². The van der Waals surface area contributed by atoms with Crippen molar-refractivity contribution in [3.05, 3.63) is 121 Å². The van der Waals surface area contributed by atoms with Crippen molar-refractivity contribution in [3.8, 4) is 0 Å². The molecule has 5 heteroatoms. The number of hydrogen-bond donors (Lipinski definition) is 0. The van der Waals surface area contributed by atoms with E-state index in [1.54, 1.807) is 0 Å². The second-order valence-electron chi connectivity index (χ2n) is 9.99. The molecule has 0 unspecified atom stereocenters. The van der Waals surface area contributed by atoms with Gasteiger partial charge in [0.2, 0.25) is 0 Å². The Bertz CT molecular complexity index is 1170. The van der Waals surface area contributed by atoms with Gasteiger partial charge in [0.05, 0.1) is 12.6 Å². The summed E-state index contributed by atoms with van der Waals surface area (Å²) in [5.74, 6) is 0. The van der Waals surface area contributed by atoms with Gasteiger partial charge in [-0.3, -0.25) is 4.90 Å². The van der Waals surface area contributed by atoms with E-state index >= 15 is 9.13 Å². The average molecular weight is 528 g/mol. The highest BCUT2D eigenvalue weighted by Crippen LogP contribution is 2.50.